The molecule has 0 aliphatic heterocycles. The summed E-state index contributed by atoms with van der Waals surface area (Å²) in [5.74, 6) is 0.304. The highest BCUT2D eigenvalue weighted by Gasteiger charge is 2.06. The number of hydrogen-bond donors (Lipinski definition) is 2. The molecule has 0 saturated heterocycles. The SMILES string of the molecule is CNC(=S)NN=Cc1cc(Br)ccc1OCc1ccccc1F. The molecule has 2 aromatic rings. The van der Waals surface area contributed by atoms with Gasteiger partial charge in [0.15, 0.2) is 5.11 Å². The number of ether oxygens (including phenoxy) is 1. The summed E-state index contributed by atoms with van der Waals surface area (Å²) in [4.78, 5) is 0. The van der Waals surface area contributed by atoms with Gasteiger partial charge >= 0.3 is 0 Å². The Hall–Kier alpha value is -1.99. The summed E-state index contributed by atoms with van der Waals surface area (Å²) in [7, 11) is 1.70. The van der Waals surface area contributed by atoms with Gasteiger partial charge in [0.2, 0.25) is 0 Å². The van der Waals surface area contributed by atoms with Crippen LogP contribution in [0.15, 0.2) is 52.0 Å². The Morgan fingerprint density at radius 2 is 2.13 bits per heavy atom. The summed E-state index contributed by atoms with van der Waals surface area (Å²) < 4.78 is 20.2. The molecule has 0 radical (unpaired) electrons. The lowest BCUT2D eigenvalue weighted by atomic mass is 10.2. The summed E-state index contributed by atoms with van der Waals surface area (Å²) in [6.45, 7) is 0.136. The molecule has 0 bridgehead atoms. The Morgan fingerprint density at radius 3 is 2.87 bits per heavy atom. The van der Waals surface area contributed by atoms with Crippen LogP contribution in [0.3, 0.4) is 0 Å². The first-order valence-electron chi connectivity index (χ1n) is 6.76. The molecular weight excluding hydrogens is 381 g/mol. The predicted molar refractivity (Wildman–Crippen MR) is 97.3 cm³/mol. The van der Waals surface area contributed by atoms with Gasteiger partial charge in [0, 0.05) is 22.6 Å². The monoisotopic (exact) mass is 395 g/mol. The van der Waals surface area contributed by atoms with Crippen molar-refractivity contribution in [1.82, 2.24) is 10.7 Å². The lowest BCUT2D eigenvalue weighted by Crippen LogP contribution is -2.28. The van der Waals surface area contributed by atoms with Crippen LogP contribution >= 0.6 is 28.1 Å². The van der Waals surface area contributed by atoms with Crippen molar-refractivity contribution in [2.45, 2.75) is 6.61 Å². The Labute approximate surface area is 147 Å². The summed E-state index contributed by atoms with van der Waals surface area (Å²) in [6.07, 6.45) is 1.59. The van der Waals surface area contributed by atoms with Crippen molar-refractivity contribution in [3.63, 3.8) is 0 Å². The van der Waals surface area contributed by atoms with Crippen LogP contribution in [0.25, 0.3) is 0 Å². The fourth-order valence-corrected chi connectivity index (χ4v) is 2.17. The zero-order valence-electron chi connectivity index (χ0n) is 12.3. The maximum atomic E-state index is 13.6. The van der Waals surface area contributed by atoms with Crippen LogP contribution in [0.2, 0.25) is 0 Å². The van der Waals surface area contributed by atoms with E-state index in [0.29, 0.717) is 16.4 Å². The molecule has 0 fully saturated rings. The first-order valence-corrected chi connectivity index (χ1v) is 7.97. The van der Waals surface area contributed by atoms with E-state index in [0.717, 1.165) is 10.0 Å². The molecule has 2 N–H and O–H groups in total. The standard InChI is InChI=1S/C16H15BrFN3OS/c1-19-16(23)21-20-9-12-8-13(17)6-7-15(12)22-10-11-4-2-3-5-14(11)18/h2-9H,10H2,1H3,(H2,19,21,23). The third kappa shape index (κ3) is 5.30. The van der Waals surface area contributed by atoms with Crippen molar-refractivity contribution in [2.75, 3.05) is 7.05 Å². The molecule has 23 heavy (non-hydrogen) atoms. The number of thiocarbonyl (C=S) groups is 1. The van der Waals surface area contributed by atoms with Gasteiger partial charge in [0.1, 0.15) is 18.2 Å². The van der Waals surface area contributed by atoms with Crippen LogP contribution in [-0.4, -0.2) is 18.4 Å². The molecule has 2 rings (SSSR count). The second kappa shape index (κ2) is 8.59. The molecule has 0 atom stereocenters. The molecule has 0 aliphatic carbocycles. The van der Waals surface area contributed by atoms with Gasteiger partial charge in [-0.15, -0.1) is 0 Å². The molecule has 0 heterocycles. The van der Waals surface area contributed by atoms with E-state index in [1.807, 2.05) is 12.1 Å². The molecule has 0 aromatic heterocycles. The third-order valence-corrected chi connectivity index (χ3v) is 3.70. The van der Waals surface area contributed by atoms with Crippen molar-refractivity contribution in [3.05, 3.63) is 63.9 Å². The zero-order valence-corrected chi connectivity index (χ0v) is 14.7. The van der Waals surface area contributed by atoms with Crippen molar-refractivity contribution in [2.24, 2.45) is 5.10 Å². The molecule has 7 heteroatoms. The first kappa shape index (κ1) is 17.4. The number of nitrogens with one attached hydrogen (secondary N) is 2. The van der Waals surface area contributed by atoms with Gasteiger partial charge in [-0.05, 0) is 36.5 Å². The highest BCUT2D eigenvalue weighted by molar-refractivity contribution is 9.10. The highest BCUT2D eigenvalue weighted by Crippen LogP contribution is 2.23. The minimum Gasteiger partial charge on any atom is -0.488 e. The molecule has 120 valence electrons. The Morgan fingerprint density at radius 1 is 1.35 bits per heavy atom. The minimum atomic E-state index is -0.291. The second-order valence-electron chi connectivity index (χ2n) is 4.51. The quantitative estimate of drug-likeness (QED) is 0.461. The van der Waals surface area contributed by atoms with Crippen molar-refractivity contribution in [3.8, 4) is 5.75 Å². The number of rotatable bonds is 5. The van der Waals surface area contributed by atoms with Crippen molar-refractivity contribution < 1.29 is 9.13 Å². The molecule has 4 nitrogen and oxygen atoms in total. The topological polar surface area (TPSA) is 45.7 Å². The smallest absolute Gasteiger partial charge is 0.186 e. The van der Waals surface area contributed by atoms with E-state index in [1.165, 1.54) is 6.07 Å². The maximum Gasteiger partial charge on any atom is 0.186 e. The minimum absolute atomic E-state index is 0.136. The molecule has 0 aliphatic rings. The molecule has 0 spiro atoms. The summed E-state index contributed by atoms with van der Waals surface area (Å²) in [5, 5.41) is 7.20. The van der Waals surface area contributed by atoms with Crippen LogP contribution in [-0.2, 0) is 6.61 Å². The number of benzene rings is 2. The van der Waals surface area contributed by atoms with Crippen molar-refractivity contribution >= 4 is 39.5 Å². The van der Waals surface area contributed by atoms with E-state index in [-0.39, 0.29) is 12.4 Å². The lowest BCUT2D eigenvalue weighted by molar-refractivity contribution is 0.299. The van der Waals surface area contributed by atoms with Gasteiger partial charge in [-0.3, -0.25) is 5.43 Å². The van der Waals surface area contributed by atoms with Gasteiger partial charge < -0.3 is 10.1 Å². The van der Waals surface area contributed by atoms with Crippen molar-refractivity contribution in [1.29, 1.82) is 0 Å². The first-order chi connectivity index (χ1) is 11.1. The van der Waals surface area contributed by atoms with Gasteiger partial charge in [-0.25, -0.2) is 4.39 Å². The van der Waals surface area contributed by atoms with Gasteiger partial charge in [-0.2, -0.15) is 5.10 Å². The number of nitrogens with zero attached hydrogens (tertiary/aromatic N) is 1. The predicted octanol–water partition coefficient (Wildman–Crippen LogP) is 3.60. The number of hydrazone groups is 1. The van der Waals surface area contributed by atoms with Crippen LogP contribution in [0.4, 0.5) is 4.39 Å². The van der Waals surface area contributed by atoms with Crippen LogP contribution in [0, 0.1) is 5.82 Å². The van der Waals surface area contributed by atoms with E-state index in [9.17, 15) is 4.39 Å². The number of hydrogen-bond acceptors (Lipinski definition) is 3. The fraction of sp³-hybridized carbons (Fsp3) is 0.125. The van der Waals surface area contributed by atoms with E-state index < -0.39 is 0 Å². The molecular formula is C16H15BrFN3OS. The van der Waals surface area contributed by atoms with Gasteiger partial charge in [0.25, 0.3) is 0 Å². The van der Waals surface area contributed by atoms with Gasteiger partial charge in [-0.1, -0.05) is 34.1 Å². The average molecular weight is 396 g/mol. The molecule has 0 amide bonds. The largest absolute Gasteiger partial charge is 0.488 e. The molecule has 0 saturated carbocycles. The van der Waals surface area contributed by atoms with Crippen LogP contribution in [0.1, 0.15) is 11.1 Å². The summed E-state index contributed by atoms with van der Waals surface area (Å²) >= 11 is 8.34. The van der Waals surface area contributed by atoms with E-state index in [4.69, 9.17) is 17.0 Å². The second-order valence-corrected chi connectivity index (χ2v) is 5.84. The van der Waals surface area contributed by atoms with E-state index in [2.05, 4.69) is 31.8 Å². The highest BCUT2D eigenvalue weighted by atomic mass is 79.9. The van der Waals surface area contributed by atoms with Gasteiger partial charge in [0.05, 0.1) is 6.21 Å². The molecule has 2 aromatic carbocycles. The summed E-state index contributed by atoms with van der Waals surface area (Å²) in [5.41, 5.74) is 3.90. The normalized spacial score (nSPS) is 10.6. The number of halogens is 2. The Bertz CT molecular complexity index is 724. The maximum absolute atomic E-state index is 13.6. The Balaban J connectivity index is 2.12. The average Bonchev–Trinajstić information content (AvgIpc) is 2.55. The van der Waals surface area contributed by atoms with Crippen LogP contribution < -0.4 is 15.5 Å². The fourth-order valence-electron chi connectivity index (χ4n) is 1.74. The van der Waals surface area contributed by atoms with E-state index in [1.54, 1.807) is 37.5 Å². The summed E-state index contributed by atoms with van der Waals surface area (Å²) in [6, 6.07) is 12.0. The third-order valence-electron chi connectivity index (χ3n) is 2.91. The zero-order chi connectivity index (χ0) is 16.7. The molecule has 0 unspecified atom stereocenters. The Kier molecular flexibility index (Phi) is 6.49. The van der Waals surface area contributed by atoms with E-state index >= 15 is 0 Å². The van der Waals surface area contributed by atoms with Crippen LogP contribution in [0.5, 0.6) is 5.75 Å². The lowest BCUT2D eigenvalue weighted by Gasteiger charge is -2.10.